The average molecular weight is 278 g/mol. The Bertz CT molecular complexity index is 454. The van der Waals surface area contributed by atoms with E-state index in [0.29, 0.717) is 19.0 Å². The van der Waals surface area contributed by atoms with Gasteiger partial charge in [0.1, 0.15) is 5.82 Å². The van der Waals surface area contributed by atoms with Crippen LogP contribution in [0.4, 0.5) is 4.39 Å². The molecule has 0 atom stereocenters. The fraction of sp³-hybridized carbons (Fsp3) is 0.562. The topological polar surface area (TPSA) is 23.6 Å². The summed E-state index contributed by atoms with van der Waals surface area (Å²) in [4.78, 5) is 16.4. The minimum absolute atomic E-state index is 0.183. The van der Waals surface area contributed by atoms with Crippen LogP contribution < -0.4 is 0 Å². The van der Waals surface area contributed by atoms with E-state index in [0.717, 1.165) is 19.6 Å². The molecule has 0 aliphatic carbocycles. The van der Waals surface area contributed by atoms with Crippen LogP contribution in [0.15, 0.2) is 24.3 Å². The largest absolute Gasteiger partial charge is 0.336 e. The number of hydrogen-bond acceptors (Lipinski definition) is 2. The number of benzene rings is 1. The van der Waals surface area contributed by atoms with Gasteiger partial charge in [-0.3, -0.25) is 9.69 Å². The van der Waals surface area contributed by atoms with Gasteiger partial charge in [0, 0.05) is 26.2 Å². The highest BCUT2D eigenvalue weighted by molar-refractivity contribution is 5.94. The molecule has 0 bridgehead atoms. The van der Waals surface area contributed by atoms with Crippen LogP contribution in [0.1, 0.15) is 30.6 Å². The highest BCUT2D eigenvalue weighted by Gasteiger charge is 2.23. The quantitative estimate of drug-likeness (QED) is 0.845. The predicted molar refractivity (Wildman–Crippen MR) is 78.2 cm³/mol. The lowest BCUT2D eigenvalue weighted by molar-refractivity contribution is 0.0627. The standard InChI is InChI=1S/C16H23FN2O/c1-13(2)7-8-18-9-11-19(12-10-18)16(20)14-5-3-4-6-15(14)17/h3-6,13H,7-12H2,1-2H3. The lowest BCUT2D eigenvalue weighted by Gasteiger charge is -2.35. The highest BCUT2D eigenvalue weighted by Crippen LogP contribution is 2.13. The molecule has 1 saturated heterocycles. The minimum Gasteiger partial charge on any atom is -0.336 e. The molecule has 20 heavy (non-hydrogen) atoms. The van der Waals surface area contributed by atoms with Crippen molar-refractivity contribution < 1.29 is 9.18 Å². The maximum absolute atomic E-state index is 13.6. The number of hydrogen-bond donors (Lipinski definition) is 0. The number of carbonyl (C=O) groups is 1. The van der Waals surface area contributed by atoms with Gasteiger partial charge >= 0.3 is 0 Å². The first-order chi connectivity index (χ1) is 9.58. The van der Waals surface area contributed by atoms with Crippen molar-refractivity contribution >= 4 is 5.91 Å². The summed E-state index contributed by atoms with van der Waals surface area (Å²) in [5.41, 5.74) is 0.183. The summed E-state index contributed by atoms with van der Waals surface area (Å²) in [5, 5.41) is 0. The molecule has 3 nitrogen and oxygen atoms in total. The van der Waals surface area contributed by atoms with Gasteiger partial charge in [0.2, 0.25) is 0 Å². The molecule has 0 saturated carbocycles. The molecule has 0 unspecified atom stereocenters. The molecule has 1 heterocycles. The molecule has 1 amide bonds. The Morgan fingerprint density at radius 1 is 1.20 bits per heavy atom. The third-order valence-electron chi connectivity index (χ3n) is 3.79. The van der Waals surface area contributed by atoms with Crippen LogP contribution in [0.2, 0.25) is 0 Å². The van der Waals surface area contributed by atoms with E-state index in [4.69, 9.17) is 0 Å². The van der Waals surface area contributed by atoms with Crippen LogP contribution in [-0.2, 0) is 0 Å². The van der Waals surface area contributed by atoms with Crippen molar-refractivity contribution in [1.29, 1.82) is 0 Å². The molecule has 1 fully saturated rings. The Hall–Kier alpha value is -1.42. The van der Waals surface area contributed by atoms with Gasteiger partial charge in [0.15, 0.2) is 0 Å². The molecule has 1 aliphatic rings. The second-order valence-electron chi connectivity index (χ2n) is 5.80. The van der Waals surface area contributed by atoms with Gasteiger partial charge in [-0.25, -0.2) is 4.39 Å². The Kier molecular flexibility index (Phi) is 5.12. The second-order valence-corrected chi connectivity index (χ2v) is 5.80. The molecule has 0 spiro atoms. The smallest absolute Gasteiger partial charge is 0.256 e. The van der Waals surface area contributed by atoms with Crippen LogP contribution >= 0.6 is 0 Å². The van der Waals surface area contributed by atoms with Crippen LogP contribution in [0.25, 0.3) is 0 Å². The molecule has 4 heteroatoms. The zero-order valence-corrected chi connectivity index (χ0v) is 12.3. The first kappa shape index (κ1) is 15.0. The Labute approximate surface area is 120 Å². The van der Waals surface area contributed by atoms with Crippen LogP contribution in [0, 0.1) is 11.7 Å². The van der Waals surface area contributed by atoms with E-state index in [1.165, 1.54) is 12.5 Å². The van der Waals surface area contributed by atoms with Crippen LogP contribution in [0.5, 0.6) is 0 Å². The number of carbonyl (C=O) groups excluding carboxylic acids is 1. The Morgan fingerprint density at radius 2 is 1.85 bits per heavy atom. The van der Waals surface area contributed by atoms with Crippen molar-refractivity contribution in [2.75, 3.05) is 32.7 Å². The van der Waals surface area contributed by atoms with E-state index in [2.05, 4.69) is 18.7 Å². The lowest BCUT2D eigenvalue weighted by atomic mass is 10.1. The number of halogens is 1. The molecule has 2 rings (SSSR count). The molecule has 0 N–H and O–H groups in total. The van der Waals surface area contributed by atoms with Crippen molar-refractivity contribution in [2.45, 2.75) is 20.3 Å². The van der Waals surface area contributed by atoms with Gasteiger partial charge in [-0.1, -0.05) is 26.0 Å². The van der Waals surface area contributed by atoms with Crippen molar-refractivity contribution in [3.05, 3.63) is 35.6 Å². The third-order valence-corrected chi connectivity index (χ3v) is 3.79. The average Bonchev–Trinajstić information content (AvgIpc) is 2.45. The van der Waals surface area contributed by atoms with E-state index >= 15 is 0 Å². The van der Waals surface area contributed by atoms with Gasteiger partial charge in [-0.15, -0.1) is 0 Å². The molecule has 1 aliphatic heterocycles. The molecular formula is C16H23FN2O. The molecule has 0 aromatic heterocycles. The Balaban J connectivity index is 1.88. The van der Waals surface area contributed by atoms with E-state index in [1.807, 2.05) is 0 Å². The van der Waals surface area contributed by atoms with Crippen molar-refractivity contribution in [1.82, 2.24) is 9.80 Å². The number of piperazine rings is 1. The first-order valence-corrected chi connectivity index (χ1v) is 7.34. The van der Waals surface area contributed by atoms with Gasteiger partial charge in [0.25, 0.3) is 5.91 Å². The highest BCUT2D eigenvalue weighted by atomic mass is 19.1. The zero-order valence-electron chi connectivity index (χ0n) is 12.3. The third kappa shape index (κ3) is 3.79. The summed E-state index contributed by atoms with van der Waals surface area (Å²) >= 11 is 0. The van der Waals surface area contributed by atoms with E-state index in [1.54, 1.807) is 23.1 Å². The molecule has 1 aromatic carbocycles. The summed E-state index contributed by atoms with van der Waals surface area (Å²) in [6.07, 6.45) is 1.18. The van der Waals surface area contributed by atoms with Crippen molar-refractivity contribution in [3.8, 4) is 0 Å². The van der Waals surface area contributed by atoms with E-state index < -0.39 is 5.82 Å². The number of nitrogens with zero attached hydrogens (tertiary/aromatic N) is 2. The number of rotatable bonds is 4. The predicted octanol–water partition coefficient (Wildman–Crippen LogP) is 2.63. The lowest BCUT2D eigenvalue weighted by Crippen LogP contribution is -2.49. The van der Waals surface area contributed by atoms with E-state index in [9.17, 15) is 9.18 Å². The second kappa shape index (κ2) is 6.84. The van der Waals surface area contributed by atoms with Crippen molar-refractivity contribution in [2.24, 2.45) is 5.92 Å². The fourth-order valence-electron chi connectivity index (χ4n) is 2.42. The Morgan fingerprint density at radius 3 is 2.45 bits per heavy atom. The summed E-state index contributed by atoms with van der Waals surface area (Å²) < 4.78 is 13.6. The molecule has 110 valence electrons. The maximum Gasteiger partial charge on any atom is 0.256 e. The molecular weight excluding hydrogens is 255 g/mol. The van der Waals surface area contributed by atoms with E-state index in [-0.39, 0.29) is 11.5 Å². The zero-order chi connectivity index (χ0) is 14.5. The number of amides is 1. The van der Waals surface area contributed by atoms with Crippen molar-refractivity contribution in [3.63, 3.8) is 0 Å². The van der Waals surface area contributed by atoms with Gasteiger partial charge in [0.05, 0.1) is 5.56 Å². The summed E-state index contributed by atoms with van der Waals surface area (Å²) in [6.45, 7) is 8.66. The van der Waals surface area contributed by atoms with Gasteiger partial charge < -0.3 is 4.90 Å². The van der Waals surface area contributed by atoms with Gasteiger partial charge in [-0.2, -0.15) is 0 Å². The summed E-state index contributed by atoms with van der Waals surface area (Å²) in [6, 6.07) is 6.21. The normalized spacial score (nSPS) is 16.7. The minimum atomic E-state index is -0.431. The molecule has 1 aromatic rings. The SMILES string of the molecule is CC(C)CCN1CCN(C(=O)c2ccccc2F)CC1. The van der Waals surface area contributed by atoms with Gasteiger partial charge in [-0.05, 0) is 31.0 Å². The summed E-state index contributed by atoms with van der Waals surface area (Å²) in [7, 11) is 0. The monoisotopic (exact) mass is 278 g/mol. The maximum atomic E-state index is 13.6. The first-order valence-electron chi connectivity index (χ1n) is 7.34. The fourth-order valence-corrected chi connectivity index (χ4v) is 2.42. The molecule has 0 radical (unpaired) electrons. The van der Waals surface area contributed by atoms with Crippen LogP contribution in [-0.4, -0.2) is 48.4 Å². The van der Waals surface area contributed by atoms with Crippen LogP contribution in [0.3, 0.4) is 0 Å². The summed E-state index contributed by atoms with van der Waals surface area (Å²) in [5.74, 6) is 0.0828.